The number of hydrogen-bond acceptors (Lipinski definition) is 1. The van der Waals surface area contributed by atoms with Gasteiger partial charge in [-0.25, -0.2) is 4.39 Å². The van der Waals surface area contributed by atoms with Crippen LogP contribution in [-0.4, -0.2) is 4.99 Å². The molecule has 14 heavy (non-hydrogen) atoms. The van der Waals surface area contributed by atoms with Gasteiger partial charge in [-0.3, -0.25) is 0 Å². The monoisotopic (exact) mass is 231 g/mol. The molecule has 1 rings (SSSR count). The molecule has 1 atom stereocenters. The summed E-state index contributed by atoms with van der Waals surface area (Å²) in [5.74, 6) is -0.387. The Kier molecular flexibility index (Phi) is 3.84. The van der Waals surface area contributed by atoms with E-state index in [-0.39, 0.29) is 11.7 Å². The summed E-state index contributed by atoms with van der Waals surface area (Å²) in [5.41, 5.74) is 5.88. The number of benzene rings is 1. The molecule has 76 valence electrons. The second-order valence-corrected chi connectivity index (χ2v) is 4.14. The third kappa shape index (κ3) is 2.66. The normalized spacial score (nSPS) is 12.5. The predicted molar refractivity (Wildman–Crippen MR) is 61.2 cm³/mol. The van der Waals surface area contributed by atoms with Crippen LogP contribution in [0.25, 0.3) is 0 Å². The van der Waals surface area contributed by atoms with Crippen molar-refractivity contribution < 1.29 is 4.39 Å². The summed E-state index contributed by atoms with van der Waals surface area (Å²) >= 11 is 10.7. The van der Waals surface area contributed by atoms with E-state index in [4.69, 9.17) is 29.6 Å². The molecule has 0 aliphatic heterocycles. The molecule has 2 N–H and O–H groups in total. The highest BCUT2D eigenvalue weighted by Crippen LogP contribution is 2.29. The van der Waals surface area contributed by atoms with Crippen LogP contribution < -0.4 is 5.73 Å². The fourth-order valence-electron chi connectivity index (χ4n) is 1.39. The van der Waals surface area contributed by atoms with Crippen molar-refractivity contribution >= 4 is 28.8 Å². The standard InChI is InChI=1S/C10H11ClFNS/c1-6(5-9(13)14)10-7(11)3-2-4-8(10)12/h2-4,6H,5H2,1H3,(H2,13,14). The number of rotatable bonds is 3. The highest BCUT2D eigenvalue weighted by atomic mass is 35.5. The third-order valence-corrected chi connectivity index (χ3v) is 2.50. The van der Waals surface area contributed by atoms with E-state index < -0.39 is 0 Å². The van der Waals surface area contributed by atoms with Crippen molar-refractivity contribution in [1.82, 2.24) is 0 Å². The highest BCUT2D eigenvalue weighted by Gasteiger charge is 2.15. The number of halogens is 2. The van der Waals surface area contributed by atoms with Gasteiger partial charge >= 0.3 is 0 Å². The van der Waals surface area contributed by atoms with Crippen molar-refractivity contribution in [2.45, 2.75) is 19.3 Å². The van der Waals surface area contributed by atoms with Gasteiger partial charge in [0.15, 0.2) is 0 Å². The number of thiocarbonyl (C=S) groups is 1. The van der Waals surface area contributed by atoms with Gasteiger partial charge in [0.2, 0.25) is 0 Å². The Bertz CT molecular complexity index is 334. The minimum absolute atomic E-state index is 0.0822. The van der Waals surface area contributed by atoms with Crippen molar-refractivity contribution in [3.63, 3.8) is 0 Å². The molecule has 0 aliphatic rings. The Morgan fingerprint density at radius 2 is 2.29 bits per heavy atom. The Morgan fingerprint density at radius 3 is 2.79 bits per heavy atom. The summed E-state index contributed by atoms with van der Waals surface area (Å²) in [6.45, 7) is 1.85. The highest BCUT2D eigenvalue weighted by molar-refractivity contribution is 7.80. The molecule has 0 heterocycles. The third-order valence-electron chi connectivity index (χ3n) is 2.00. The largest absolute Gasteiger partial charge is 0.393 e. The van der Waals surface area contributed by atoms with E-state index in [0.29, 0.717) is 22.0 Å². The van der Waals surface area contributed by atoms with Crippen LogP contribution in [0.1, 0.15) is 24.8 Å². The van der Waals surface area contributed by atoms with Gasteiger partial charge in [-0.15, -0.1) is 0 Å². The maximum absolute atomic E-state index is 13.4. The van der Waals surface area contributed by atoms with Gasteiger partial charge in [-0.2, -0.15) is 0 Å². The topological polar surface area (TPSA) is 26.0 Å². The minimum atomic E-state index is -0.304. The van der Waals surface area contributed by atoms with Gasteiger partial charge < -0.3 is 5.73 Å². The molecular formula is C10H11ClFNS. The molecule has 0 radical (unpaired) electrons. The average molecular weight is 232 g/mol. The second-order valence-electron chi connectivity index (χ2n) is 3.21. The van der Waals surface area contributed by atoms with Crippen LogP contribution in [-0.2, 0) is 0 Å². The average Bonchev–Trinajstić information content (AvgIpc) is 2.01. The lowest BCUT2D eigenvalue weighted by atomic mass is 9.97. The van der Waals surface area contributed by atoms with E-state index in [9.17, 15) is 4.39 Å². The molecular weight excluding hydrogens is 221 g/mol. The summed E-state index contributed by atoms with van der Waals surface area (Å²) in [6.07, 6.45) is 0.468. The SMILES string of the molecule is CC(CC(N)=S)c1c(F)cccc1Cl. The van der Waals surface area contributed by atoms with Crippen LogP contribution in [0, 0.1) is 5.82 Å². The van der Waals surface area contributed by atoms with Gasteiger partial charge in [0.25, 0.3) is 0 Å². The zero-order chi connectivity index (χ0) is 10.7. The van der Waals surface area contributed by atoms with Crippen molar-refractivity contribution in [3.8, 4) is 0 Å². The van der Waals surface area contributed by atoms with E-state index in [1.165, 1.54) is 6.07 Å². The summed E-state index contributed by atoms with van der Waals surface area (Å²) in [7, 11) is 0. The summed E-state index contributed by atoms with van der Waals surface area (Å²) in [5, 5.41) is 0.425. The zero-order valence-electron chi connectivity index (χ0n) is 7.76. The molecule has 1 aromatic rings. The first kappa shape index (κ1) is 11.4. The quantitative estimate of drug-likeness (QED) is 0.809. The van der Waals surface area contributed by atoms with Crippen LogP contribution in [0.4, 0.5) is 4.39 Å². The molecule has 4 heteroatoms. The first-order valence-electron chi connectivity index (χ1n) is 4.24. The summed E-state index contributed by atoms with van der Waals surface area (Å²) in [6, 6.07) is 4.63. The van der Waals surface area contributed by atoms with Gasteiger partial charge in [0.05, 0.1) is 4.99 Å². The van der Waals surface area contributed by atoms with Crippen LogP contribution in [0.3, 0.4) is 0 Å². The van der Waals surface area contributed by atoms with E-state index in [1.807, 2.05) is 6.92 Å². The molecule has 0 saturated carbocycles. The van der Waals surface area contributed by atoms with Crippen LogP contribution >= 0.6 is 23.8 Å². The molecule has 1 nitrogen and oxygen atoms in total. The van der Waals surface area contributed by atoms with Gasteiger partial charge in [0.1, 0.15) is 5.82 Å². The summed E-state index contributed by atoms with van der Waals surface area (Å²) < 4.78 is 13.4. The van der Waals surface area contributed by atoms with E-state index in [0.717, 1.165) is 0 Å². The number of hydrogen-bond donors (Lipinski definition) is 1. The molecule has 0 bridgehead atoms. The Morgan fingerprint density at radius 1 is 1.64 bits per heavy atom. The van der Waals surface area contributed by atoms with Crippen LogP contribution in [0.5, 0.6) is 0 Å². The Balaban J connectivity index is 2.99. The first-order chi connectivity index (χ1) is 6.52. The molecule has 1 aromatic carbocycles. The molecule has 0 aromatic heterocycles. The lowest BCUT2D eigenvalue weighted by Gasteiger charge is -2.13. The Labute approximate surface area is 93.1 Å². The molecule has 0 aliphatic carbocycles. The summed E-state index contributed by atoms with van der Waals surface area (Å²) in [4.78, 5) is 0.372. The molecule has 0 amide bonds. The Hall–Kier alpha value is -0.670. The van der Waals surface area contributed by atoms with Gasteiger partial charge in [-0.05, 0) is 18.1 Å². The zero-order valence-corrected chi connectivity index (χ0v) is 9.33. The minimum Gasteiger partial charge on any atom is -0.393 e. The molecule has 0 fully saturated rings. The van der Waals surface area contributed by atoms with E-state index >= 15 is 0 Å². The lowest BCUT2D eigenvalue weighted by molar-refractivity contribution is 0.593. The van der Waals surface area contributed by atoms with E-state index in [2.05, 4.69) is 0 Å². The molecule has 0 spiro atoms. The van der Waals surface area contributed by atoms with E-state index in [1.54, 1.807) is 12.1 Å². The smallest absolute Gasteiger partial charge is 0.128 e. The maximum atomic E-state index is 13.4. The van der Waals surface area contributed by atoms with Gasteiger partial charge in [-0.1, -0.05) is 36.8 Å². The predicted octanol–water partition coefficient (Wildman–Crippen LogP) is 3.26. The maximum Gasteiger partial charge on any atom is 0.128 e. The number of nitrogens with two attached hydrogens (primary N) is 1. The van der Waals surface area contributed by atoms with Crippen molar-refractivity contribution in [2.75, 3.05) is 0 Å². The fraction of sp³-hybridized carbons (Fsp3) is 0.300. The van der Waals surface area contributed by atoms with Crippen molar-refractivity contribution in [1.29, 1.82) is 0 Å². The molecule has 0 saturated heterocycles. The first-order valence-corrected chi connectivity index (χ1v) is 5.03. The van der Waals surface area contributed by atoms with Crippen LogP contribution in [0.2, 0.25) is 5.02 Å². The lowest BCUT2D eigenvalue weighted by Crippen LogP contribution is -2.12. The van der Waals surface area contributed by atoms with Crippen LogP contribution in [0.15, 0.2) is 18.2 Å². The van der Waals surface area contributed by atoms with Crippen molar-refractivity contribution in [3.05, 3.63) is 34.6 Å². The second kappa shape index (κ2) is 4.71. The molecule has 1 unspecified atom stereocenters. The fourth-order valence-corrected chi connectivity index (χ4v) is 1.98. The van der Waals surface area contributed by atoms with Gasteiger partial charge in [0, 0.05) is 17.0 Å². The van der Waals surface area contributed by atoms with Crippen molar-refractivity contribution in [2.24, 2.45) is 5.73 Å².